The highest BCUT2D eigenvalue weighted by molar-refractivity contribution is 8.00. The predicted octanol–water partition coefficient (Wildman–Crippen LogP) is 4.79. The van der Waals surface area contributed by atoms with Crippen molar-refractivity contribution < 1.29 is 9.53 Å². The van der Waals surface area contributed by atoms with Crippen LogP contribution in [0.5, 0.6) is 5.75 Å². The van der Waals surface area contributed by atoms with Crippen molar-refractivity contribution in [1.82, 2.24) is 0 Å². The van der Waals surface area contributed by atoms with Gasteiger partial charge in [-0.2, -0.15) is 0 Å². The summed E-state index contributed by atoms with van der Waals surface area (Å²) in [6, 6.07) is 15.2. The number of carbonyl (C=O) groups is 1. The van der Waals surface area contributed by atoms with Crippen LogP contribution in [0.25, 0.3) is 0 Å². The van der Waals surface area contributed by atoms with Gasteiger partial charge in [-0.05, 0) is 38.1 Å². The topological polar surface area (TPSA) is 38.3 Å². The molecule has 1 atom stereocenters. The van der Waals surface area contributed by atoms with Crippen molar-refractivity contribution >= 4 is 35.0 Å². The van der Waals surface area contributed by atoms with E-state index >= 15 is 0 Å². The van der Waals surface area contributed by atoms with Crippen LogP contribution >= 0.6 is 23.4 Å². The first-order chi connectivity index (χ1) is 11.1. The van der Waals surface area contributed by atoms with E-state index in [2.05, 4.69) is 5.32 Å². The van der Waals surface area contributed by atoms with Gasteiger partial charge in [0.2, 0.25) is 5.91 Å². The molecule has 0 saturated carbocycles. The molecule has 1 N–H and O–H groups in total. The summed E-state index contributed by atoms with van der Waals surface area (Å²) in [6.45, 7) is 4.49. The molecule has 122 valence electrons. The third kappa shape index (κ3) is 5.81. The molecule has 1 amide bonds. The number of benzene rings is 2. The molecule has 2 rings (SSSR count). The van der Waals surface area contributed by atoms with E-state index in [0.717, 1.165) is 11.5 Å². The van der Waals surface area contributed by atoms with E-state index in [9.17, 15) is 4.79 Å². The Labute approximate surface area is 146 Å². The van der Waals surface area contributed by atoms with Gasteiger partial charge in [0.25, 0.3) is 0 Å². The number of nitrogens with one attached hydrogen (secondary N) is 1. The van der Waals surface area contributed by atoms with Crippen LogP contribution in [-0.4, -0.2) is 23.5 Å². The quantitative estimate of drug-likeness (QED) is 0.730. The van der Waals surface area contributed by atoms with E-state index in [4.69, 9.17) is 16.3 Å². The molecule has 0 heterocycles. The van der Waals surface area contributed by atoms with Crippen LogP contribution in [0.3, 0.4) is 0 Å². The monoisotopic (exact) mass is 349 g/mol. The van der Waals surface area contributed by atoms with Crippen LogP contribution in [0.2, 0.25) is 5.02 Å². The van der Waals surface area contributed by atoms with E-state index in [-0.39, 0.29) is 11.2 Å². The fourth-order valence-corrected chi connectivity index (χ4v) is 2.82. The molecule has 3 nitrogen and oxygen atoms in total. The fourth-order valence-electron chi connectivity index (χ4n) is 1.89. The van der Waals surface area contributed by atoms with Crippen LogP contribution in [0.4, 0.5) is 5.69 Å². The van der Waals surface area contributed by atoms with Gasteiger partial charge in [0.1, 0.15) is 5.75 Å². The molecule has 2 aromatic rings. The number of hydrogen-bond donors (Lipinski definition) is 1. The lowest BCUT2D eigenvalue weighted by atomic mass is 10.2. The number of hydrogen-bond acceptors (Lipinski definition) is 3. The largest absolute Gasteiger partial charge is 0.493 e. The number of rotatable bonds is 7. The lowest BCUT2D eigenvalue weighted by Crippen LogP contribution is -2.23. The van der Waals surface area contributed by atoms with Crippen LogP contribution in [0, 0.1) is 6.92 Å². The Hall–Kier alpha value is -1.65. The second kappa shape index (κ2) is 8.85. The van der Waals surface area contributed by atoms with Gasteiger partial charge in [0.05, 0.1) is 22.6 Å². The molecule has 0 radical (unpaired) electrons. The predicted molar refractivity (Wildman–Crippen MR) is 98.7 cm³/mol. The van der Waals surface area contributed by atoms with Crippen molar-refractivity contribution in [2.45, 2.75) is 19.1 Å². The Kier molecular flexibility index (Phi) is 6.81. The van der Waals surface area contributed by atoms with E-state index < -0.39 is 0 Å². The lowest BCUT2D eigenvalue weighted by Gasteiger charge is -2.13. The van der Waals surface area contributed by atoms with Crippen molar-refractivity contribution in [2.75, 3.05) is 17.7 Å². The van der Waals surface area contributed by atoms with Crippen molar-refractivity contribution in [3.8, 4) is 5.75 Å². The van der Waals surface area contributed by atoms with Gasteiger partial charge < -0.3 is 10.1 Å². The van der Waals surface area contributed by atoms with Gasteiger partial charge >= 0.3 is 0 Å². The van der Waals surface area contributed by atoms with Crippen LogP contribution in [0.15, 0.2) is 48.5 Å². The summed E-state index contributed by atoms with van der Waals surface area (Å²) in [4.78, 5) is 12.1. The molecule has 0 aliphatic heterocycles. The van der Waals surface area contributed by atoms with Crippen molar-refractivity contribution in [1.29, 1.82) is 0 Å². The van der Waals surface area contributed by atoms with Gasteiger partial charge in [-0.3, -0.25) is 4.79 Å². The molecule has 0 unspecified atom stereocenters. The maximum absolute atomic E-state index is 12.1. The zero-order valence-corrected chi connectivity index (χ0v) is 14.8. The minimum Gasteiger partial charge on any atom is -0.493 e. The Morgan fingerprint density at radius 1 is 1.22 bits per heavy atom. The molecular formula is C18H20ClNO2S. The van der Waals surface area contributed by atoms with E-state index in [1.807, 2.05) is 50.2 Å². The SMILES string of the molecule is Cc1ccc(OCCS[C@H](C)C(=O)Nc2ccccc2Cl)cc1. The van der Waals surface area contributed by atoms with Crippen LogP contribution < -0.4 is 10.1 Å². The first-order valence-electron chi connectivity index (χ1n) is 7.43. The van der Waals surface area contributed by atoms with Crippen LogP contribution in [0.1, 0.15) is 12.5 Å². The third-order valence-corrected chi connectivity index (χ3v) is 4.69. The maximum atomic E-state index is 12.1. The molecule has 5 heteroatoms. The van der Waals surface area contributed by atoms with Gasteiger partial charge in [-0.1, -0.05) is 41.4 Å². The van der Waals surface area contributed by atoms with Gasteiger partial charge in [-0.25, -0.2) is 0 Å². The molecule has 0 saturated heterocycles. The summed E-state index contributed by atoms with van der Waals surface area (Å²) < 4.78 is 5.65. The first kappa shape index (κ1) is 17.7. The number of para-hydroxylation sites is 1. The molecule has 0 aromatic heterocycles. The fraction of sp³-hybridized carbons (Fsp3) is 0.278. The number of thioether (sulfide) groups is 1. The summed E-state index contributed by atoms with van der Waals surface area (Å²) in [5.74, 6) is 1.54. The molecular weight excluding hydrogens is 330 g/mol. The summed E-state index contributed by atoms with van der Waals surface area (Å²) in [6.07, 6.45) is 0. The molecule has 0 aliphatic carbocycles. The standard InChI is InChI=1S/C18H20ClNO2S/c1-13-7-9-15(10-8-13)22-11-12-23-14(2)18(21)20-17-6-4-3-5-16(17)19/h3-10,14H,11-12H2,1-2H3,(H,20,21)/t14-/m1/s1. The first-order valence-corrected chi connectivity index (χ1v) is 8.85. The number of halogens is 1. The van der Waals surface area contributed by atoms with Gasteiger partial charge in [-0.15, -0.1) is 11.8 Å². The van der Waals surface area contributed by atoms with Crippen molar-refractivity contribution in [2.24, 2.45) is 0 Å². The number of amides is 1. The highest BCUT2D eigenvalue weighted by atomic mass is 35.5. The maximum Gasteiger partial charge on any atom is 0.237 e. The van der Waals surface area contributed by atoms with Gasteiger partial charge in [0.15, 0.2) is 0 Å². The highest BCUT2D eigenvalue weighted by Crippen LogP contribution is 2.22. The highest BCUT2D eigenvalue weighted by Gasteiger charge is 2.14. The van der Waals surface area contributed by atoms with Crippen LogP contribution in [-0.2, 0) is 4.79 Å². The molecule has 0 fully saturated rings. The minimum absolute atomic E-state index is 0.0570. The second-order valence-corrected chi connectivity index (χ2v) is 7.00. The third-order valence-electron chi connectivity index (χ3n) is 3.24. The summed E-state index contributed by atoms with van der Waals surface area (Å²) in [5.41, 5.74) is 1.85. The normalized spacial score (nSPS) is 11.8. The summed E-state index contributed by atoms with van der Waals surface area (Å²) in [7, 11) is 0. The number of anilines is 1. The Morgan fingerprint density at radius 3 is 2.61 bits per heavy atom. The number of aryl methyl sites for hydroxylation is 1. The van der Waals surface area contributed by atoms with E-state index in [1.165, 1.54) is 5.56 Å². The molecule has 0 spiro atoms. The minimum atomic E-state index is -0.173. The molecule has 23 heavy (non-hydrogen) atoms. The molecule has 2 aromatic carbocycles. The van der Waals surface area contributed by atoms with Crippen molar-refractivity contribution in [3.05, 3.63) is 59.1 Å². The second-order valence-electron chi connectivity index (χ2n) is 5.14. The summed E-state index contributed by atoms with van der Waals surface area (Å²) in [5, 5.41) is 3.21. The zero-order chi connectivity index (χ0) is 16.7. The zero-order valence-electron chi connectivity index (χ0n) is 13.2. The lowest BCUT2D eigenvalue weighted by molar-refractivity contribution is -0.115. The Bertz CT molecular complexity index is 646. The average Bonchev–Trinajstić information content (AvgIpc) is 2.55. The van der Waals surface area contributed by atoms with Gasteiger partial charge in [0, 0.05) is 5.75 Å². The Balaban J connectivity index is 1.72. The van der Waals surface area contributed by atoms with E-state index in [0.29, 0.717) is 17.3 Å². The average molecular weight is 350 g/mol. The molecule has 0 aliphatic rings. The Morgan fingerprint density at radius 2 is 1.91 bits per heavy atom. The molecule has 0 bridgehead atoms. The number of ether oxygens (including phenoxy) is 1. The summed E-state index contributed by atoms with van der Waals surface area (Å²) >= 11 is 7.59. The van der Waals surface area contributed by atoms with Crippen molar-refractivity contribution in [3.63, 3.8) is 0 Å². The smallest absolute Gasteiger partial charge is 0.237 e. The van der Waals surface area contributed by atoms with E-state index in [1.54, 1.807) is 23.9 Å². The number of carbonyl (C=O) groups excluding carboxylic acids is 1.